The van der Waals surface area contributed by atoms with Crippen LogP contribution < -0.4 is 5.32 Å². The molecule has 1 saturated carbocycles. The van der Waals surface area contributed by atoms with Gasteiger partial charge in [-0.1, -0.05) is 18.6 Å². The van der Waals surface area contributed by atoms with E-state index in [1.807, 2.05) is 12.2 Å². The van der Waals surface area contributed by atoms with E-state index in [-0.39, 0.29) is 23.8 Å². The van der Waals surface area contributed by atoms with Crippen molar-refractivity contribution in [3.05, 3.63) is 12.2 Å². The fraction of sp³-hybridized carbons (Fsp3) is 0.692. The molecule has 2 aliphatic rings. The van der Waals surface area contributed by atoms with Gasteiger partial charge in [0.15, 0.2) is 0 Å². The molecular weight excluding hydrogens is 218 g/mol. The van der Waals surface area contributed by atoms with E-state index in [4.69, 9.17) is 5.11 Å². The van der Waals surface area contributed by atoms with Crippen LogP contribution in [0, 0.1) is 11.8 Å². The summed E-state index contributed by atoms with van der Waals surface area (Å²) >= 11 is 0. The Labute approximate surface area is 101 Å². The molecule has 0 bridgehead atoms. The maximum Gasteiger partial charge on any atom is 0.306 e. The molecule has 0 aromatic carbocycles. The molecule has 0 aliphatic heterocycles. The zero-order chi connectivity index (χ0) is 12.3. The van der Waals surface area contributed by atoms with Gasteiger partial charge < -0.3 is 10.4 Å². The van der Waals surface area contributed by atoms with Crippen LogP contribution in [0.4, 0.5) is 0 Å². The van der Waals surface area contributed by atoms with Gasteiger partial charge in [0.1, 0.15) is 0 Å². The molecule has 0 aromatic rings. The Morgan fingerprint density at radius 3 is 2.47 bits per heavy atom. The lowest BCUT2D eigenvalue weighted by molar-refractivity contribution is -0.143. The number of carboxylic acids is 1. The molecule has 0 spiro atoms. The van der Waals surface area contributed by atoms with Crippen LogP contribution in [0.1, 0.15) is 38.5 Å². The van der Waals surface area contributed by atoms with Gasteiger partial charge in [0.2, 0.25) is 5.91 Å². The van der Waals surface area contributed by atoms with Crippen molar-refractivity contribution < 1.29 is 14.7 Å². The number of aliphatic carboxylic acids is 1. The third kappa shape index (κ3) is 3.08. The average molecular weight is 237 g/mol. The van der Waals surface area contributed by atoms with E-state index in [9.17, 15) is 9.59 Å². The third-order valence-electron chi connectivity index (χ3n) is 3.75. The molecule has 1 fully saturated rings. The van der Waals surface area contributed by atoms with Crippen LogP contribution >= 0.6 is 0 Å². The van der Waals surface area contributed by atoms with Gasteiger partial charge in [-0.3, -0.25) is 9.59 Å². The lowest BCUT2D eigenvalue weighted by Gasteiger charge is -2.28. The minimum atomic E-state index is -0.730. The summed E-state index contributed by atoms with van der Waals surface area (Å²) in [5.74, 6) is -0.853. The van der Waals surface area contributed by atoms with Gasteiger partial charge in [-0.15, -0.1) is 0 Å². The summed E-state index contributed by atoms with van der Waals surface area (Å²) in [7, 11) is 0. The molecule has 2 rings (SSSR count). The maximum absolute atomic E-state index is 11.9. The first-order chi connectivity index (χ1) is 8.16. The van der Waals surface area contributed by atoms with Crippen LogP contribution in [0.2, 0.25) is 0 Å². The van der Waals surface area contributed by atoms with Gasteiger partial charge in [0, 0.05) is 12.0 Å². The zero-order valence-corrected chi connectivity index (χ0v) is 9.89. The first-order valence-corrected chi connectivity index (χ1v) is 6.35. The average Bonchev–Trinajstić information content (AvgIpc) is 2.82. The van der Waals surface area contributed by atoms with Crippen LogP contribution in [0.5, 0.6) is 0 Å². The number of hydrogen-bond acceptors (Lipinski definition) is 2. The molecule has 4 nitrogen and oxygen atoms in total. The van der Waals surface area contributed by atoms with Gasteiger partial charge in [0.05, 0.1) is 5.92 Å². The number of nitrogens with one attached hydrogen (secondary N) is 1. The van der Waals surface area contributed by atoms with Crippen molar-refractivity contribution in [2.45, 2.75) is 44.6 Å². The van der Waals surface area contributed by atoms with Crippen molar-refractivity contribution in [3.63, 3.8) is 0 Å². The molecule has 2 atom stereocenters. The highest BCUT2D eigenvalue weighted by Gasteiger charge is 2.29. The number of carbonyl (C=O) groups excluding carboxylic acids is 1. The number of rotatable bonds is 3. The number of carboxylic acid groups (broad SMARTS) is 1. The Kier molecular flexibility index (Phi) is 3.82. The van der Waals surface area contributed by atoms with Crippen LogP contribution in [-0.4, -0.2) is 23.0 Å². The number of amides is 1. The summed E-state index contributed by atoms with van der Waals surface area (Å²) in [4.78, 5) is 22.8. The summed E-state index contributed by atoms with van der Waals surface area (Å²) in [5, 5.41) is 12.0. The van der Waals surface area contributed by atoms with Gasteiger partial charge in [-0.2, -0.15) is 0 Å². The van der Waals surface area contributed by atoms with E-state index >= 15 is 0 Å². The standard InChI is InChI=1S/C13H19NO3/c15-12(9-4-1-2-5-9)14-11-7-3-6-10(8-11)13(16)17/h1-2,9-11H,3-8H2,(H,14,15)(H,16,17). The summed E-state index contributed by atoms with van der Waals surface area (Å²) < 4.78 is 0. The number of allylic oxidation sites excluding steroid dienone is 2. The van der Waals surface area contributed by atoms with E-state index in [2.05, 4.69) is 5.32 Å². The Bertz CT molecular complexity index is 330. The summed E-state index contributed by atoms with van der Waals surface area (Å²) in [6.45, 7) is 0. The zero-order valence-electron chi connectivity index (χ0n) is 9.89. The third-order valence-corrected chi connectivity index (χ3v) is 3.75. The molecule has 2 N–H and O–H groups in total. The fourth-order valence-electron chi connectivity index (χ4n) is 2.70. The van der Waals surface area contributed by atoms with Crippen molar-refractivity contribution >= 4 is 11.9 Å². The SMILES string of the molecule is O=C(O)C1CCCC(NC(=O)C2CC=CC2)C1. The molecule has 1 amide bonds. The normalized spacial score (nSPS) is 29.2. The molecule has 2 aliphatic carbocycles. The topological polar surface area (TPSA) is 66.4 Å². The van der Waals surface area contributed by atoms with E-state index < -0.39 is 5.97 Å². The second-order valence-corrected chi connectivity index (χ2v) is 5.05. The first-order valence-electron chi connectivity index (χ1n) is 6.35. The van der Waals surface area contributed by atoms with Crippen molar-refractivity contribution in [3.8, 4) is 0 Å². The lowest BCUT2D eigenvalue weighted by atomic mass is 9.85. The highest BCUT2D eigenvalue weighted by atomic mass is 16.4. The molecule has 0 saturated heterocycles. The molecule has 17 heavy (non-hydrogen) atoms. The Balaban J connectivity index is 1.82. The molecule has 94 valence electrons. The predicted molar refractivity (Wildman–Crippen MR) is 63.4 cm³/mol. The van der Waals surface area contributed by atoms with E-state index in [0.29, 0.717) is 6.42 Å². The Morgan fingerprint density at radius 1 is 1.12 bits per heavy atom. The van der Waals surface area contributed by atoms with Crippen molar-refractivity contribution in [2.24, 2.45) is 11.8 Å². The quantitative estimate of drug-likeness (QED) is 0.734. The van der Waals surface area contributed by atoms with E-state index in [1.165, 1.54) is 0 Å². The van der Waals surface area contributed by atoms with Gasteiger partial charge in [-0.05, 0) is 32.1 Å². The van der Waals surface area contributed by atoms with Gasteiger partial charge >= 0.3 is 5.97 Å². The monoisotopic (exact) mass is 237 g/mol. The molecule has 0 aromatic heterocycles. The minimum Gasteiger partial charge on any atom is -0.481 e. The van der Waals surface area contributed by atoms with Crippen LogP contribution in [0.15, 0.2) is 12.2 Å². The van der Waals surface area contributed by atoms with E-state index in [0.717, 1.165) is 32.1 Å². The van der Waals surface area contributed by atoms with Crippen molar-refractivity contribution in [1.82, 2.24) is 5.32 Å². The predicted octanol–water partition coefficient (Wildman–Crippen LogP) is 1.71. The Hall–Kier alpha value is -1.32. The molecule has 2 unspecified atom stereocenters. The fourth-order valence-corrected chi connectivity index (χ4v) is 2.70. The molecular formula is C13H19NO3. The van der Waals surface area contributed by atoms with Crippen LogP contribution in [-0.2, 0) is 9.59 Å². The summed E-state index contributed by atoms with van der Waals surface area (Å²) in [6.07, 6.45) is 8.84. The largest absolute Gasteiger partial charge is 0.481 e. The van der Waals surface area contributed by atoms with Gasteiger partial charge in [-0.25, -0.2) is 0 Å². The number of hydrogen-bond donors (Lipinski definition) is 2. The lowest BCUT2D eigenvalue weighted by Crippen LogP contribution is -2.42. The summed E-state index contributed by atoms with van der Waals surface area (Å²) in [5.41, 5.74) is 0. The molecule has 0 radical (unpaired) electrons. The minimum absolute atomic E-state index is 0.0537. The second kappa shape index (κ2) is 5.34. The molecule has 4 heteroatoms. The van der Waals surface area contributed by atoms with Crippen LogP contribution in [0.3, 0.4) is 0 Å². The smallest absolute Gasteiger partial charge is 0.306 e. The Morgan fingerprint density at radius 2 is 1.82 bits per heavy atom. The summed E-state index contributed by atoms with van der Waals surface area (Å²) in [6, 6.07) is 0.0537. The molecule has 0 heterocycles. The highest BCUT2D eigenvalue weighted by molar-refractivity contribution is 5.80. The van der Waals surface area contributed by atoms with Crippen molar-refractivity contribution in [2.75, 3.05) is 0 Å². The highest BCUT2D eigenvalue weighted by Crippen LogP contribution is 2.25. The number of carbonyl (C=O) groups is 2. The van der Waals surface area contributed by atoms with Gasteiger partial charge in [0.25, 0.3) is 0 Å². The van der Waals surface area contributed by atoms with Crippen LogP contribution in [0.25, 0.3) is 0 Å². The van der Waals surface area contributed by atoms with E-state index in [1.54, 1.807) is 0 Å². The first kappa shape index (κ1) is 12.1. The maximum atomic E-state index is 11.9. The van der Waals surface area contributed by atoms with Crippen molar-refractivity contribution in [1.29, 1.82) is 0 Å². The second-order valence-electron chi connectivity index (χ2n) is 5.05.